The van der Waals surface area contributed by atoms with Gasteiger partial charge in [-0.1, -0.05) is 0 Å². The van der Waals surface area contributed by atoms with Gasteiger partial charge in [0, 0.05) is 57.2 Å². The lowest BCUT2D eigenvalue weighted by Crippen LogP contribution is -2.45. The first kappa shape index (κ1) is 15.0. The fourth-order valence-electron chi connectivity index (χ4n) is 2.33. The zero-order valence-electron chi connectivity index (χ0n) is 12.6. The molecular formula is C14H25N5O. The summed E-state index contributed by atoms with van der Waals surface area (Å²) in [6.07, 6.45) is 3.42. The average molecular weight is 279 g/mol. The summed E-state index contributed by atoms with van der Waals surface area (Å²) in [5.74, 6) is 0.442. The lowest BCUT2D eigenvalue weighted by molar-refractivity contribution is 0.249. The van der Waals surface area contributed by atoms with E-state index in [0.717, 1.165) is 39.3 Å². The Labute approximate surface area is 120 Å². The van der Waals surface area contributed by atoms with Crippen LogP contribution >= 0.6 is 0 Å². The highest BCUT2D eigenvalue weighted by Gasteiger charge is 2.16. The van der Waals surface area contributed by atoms with Crippen molar-refractivity contribution in [3.05, 3.63) is 22.7 Å². The molecular weight excluding hydrogens is 254 g/mol. The zero-order chi connectivity index (χ0) is 14.6. The van der Waals surface area contributed by atoms with Gasteiger partial charge in [0.2, 0.25) is 0 Å². The van der Waals surface area contributed by atoms with Crippen molar-refractivity contribution in [3.63, 3.8) is 0 Å². The Bertz CT molecular complexity index is 485. The number of piperazine rings is 1. The van der Waals surface area contributed by atoms with E-state index in [0.29, 0.717) is 5.82 Å². The van der Waals surface area contributed by atoms with Crippen LogP contribution in [0.4, 0.5) is 5.82 Å². The zero-order valence-corrected chi connectivity index (χ0v) is 12.6. The summed E-state index contributed by atoms with van der Waals surface area (Å²) in [5, 5.41) is 6.49. The van der Waals surface area contributed by atoms with Crippen molar-refractivity contribution >= 4 is 5.82 Å². The Kier molecular flexibility index (Phi) is 4.77. The van der Waals surface area contributed by atoms with Crippen molar-refractivity contribution in [1.82, 2.24) is 19.8 Å². The fourth-order valence-corrected chi connectivity index (χ4v) is 2.33. The van der Waals surface area contributed by atoms with Crippen LogP contribution in [0.2, 0.25) is 0 Å². The third-order valence-corrected chi connectivity index (χ3v) is 3.49. The highest BCUT2D eigenvalue weighted by atomic mass is 16.1. The average Bonchev–Trinajstić information content (AvgIpc) is 2.40. The summed E-state index contributed by atoms with van der Waals surface area (Å²) in [6.45, 7) is 11.9. The molecule has 6 nitrogen and oxygen atoms in total. The monoisotopic (exact) mass is 279 g/mol. The standard InChI is InChI=1S/C14H25N5O/c1-14(2,3)19-11-7-17-12(13(19)20)16-6-10-18-8-4-15-5-9-18/h7,11,15H,4-6,8-10H2,1-3H3,(H,16,17). The summed E-state index contributed by atoms with van der Waals surface area (Å²) in [4.78, 5) is 18.9. The van der Waals surface area contributed by atoms with Crippen LogP contribution in [0.15, 0.2) is 17.2 Å². The minimum atomic E-state index is -0.227. The third kappa shape index (κ3) is 3.80. The number of anilines is 1. The molecule has 1 aliphatic rings. The molecule has 2 heterocycles. The molecule has 0 aromatic carbocycles. The van der Waals surface area contributed by atoms with Crippen LogP contribution in [-0.2, 0) is 5.54 Å². The molecule has 0 unspecified atom stereocenters. The van der Waals surface area contributed by atoms with Gasteiger partial charge in [-0.25, -0.2) is 4.98 Å². The molecule has 1 aromatic rings. The van der Waals surface area contributed by atoms with Crippen LogP contribution in [0.3, 0.4) is 0 Å². The van der Waals surface area contributed by atoms with Crippen LogP contribution in [0, 0.1) is 0 Å². The van der Waals surface area contributed by atoms with Gasteiger partial charge >= 0.3 is 0 Å². The molecule has 0 radical (unpaired) electrons. The Morgan fingerprint density at radius 2 is 2.05 bits per heavy atom. The molecule has 112 valence electrons. The van der Waals surface area contributed by atoms with Crippen LogP contribution in [0.25, 0.3) is 0 Å². The number of nitrogens with one attached hydrogen (secondary N) is 2. The summed E-state index contributed by atoms with van der Waals surface area (Å²) in [7, 11) is 0. The quantitative estimate of drug-likeness (QED) is 0.831. The highest BCUT2D eigenvalue weighted by molar-refractivity contribution is 5.31. The largest absolute Gasteiger partial charge is 0.364 e. The first-order valence-corrected chi connectivity index (χ1v) is 7.23. The first-order valence-electron chi connectivity index (χ1n) is 7.23. The smallest absolute Gasteiger partial charge is 0.293 e. The normalized spacial score (nSPS) is 17.1. The fraction of sp³-hybridized carbons (Fsp3) is 0.714. The van der Waals surface area contributed by atoms with Crippen molar-refractivity contribution in [3.8, 4) is 0 Å². The molecule has 0 saturated carbocycles. The number of aromatic nitrogens is 2. The van der Waals surface area contributed by atoms with Crippen LogP contribution in [-0.4, -0.2) is 53.7 Å². The van der Waals surface area contributed by atoms with Gasteiger partial charge in [-0.05, 0) is 20.8 Å². The molecule has 2 rings (SSSR count). The van der Waals surface area contributed by atoms with E-state index in [1.807, 2.05) is 20.8 Å². The molecule has 0 amide bonds. The van der Waals surface area contributed by atoms with Gasteiger partial charge in [0.25, 0.3) is 5.56 Å². The molecule has 1 aromatic heterocycles. The number of rotatable bonds is 4. The Morgan fingerprint density at radius 3 is 2.70 bits per heavy atom. The minimum absolute atomic E-state index is 0.0553. The van der Waals surface area contributed by atoms with Crippen molar-refractivity contribution in [2.45, 2.75) is 26.3 Å². The highest BCUT2D eigenvalue weighted by Crippen LogP contribution is 2.10. The first-order chi connectivity index (χ1) is 9.48. The predicted octanol–water partition coefficient (Wildman–Crippen LogP) is 0.315. The molecule has 0 atom stereocenters. The number of hydrogen-bond acceptors (Lipinski definition) is 5. The van der Waals surface area contributed by atoms with Crippen molar-refractivity contribution in [2.24, 2.45) is 0 Å². The Hall–Kier alpha value is -1.40. The molecule has 6 heteroatoms. The Morgan fingerprint density at radius 1 is 1.35 bits per heavy atom. The van der Waals surface area contributed by atoms with E-state index < -0.39 is 0 Å². The second-order valence-corrected chi connectivity index (χ2v) is 6.14. The molecule has 1 saturated heterocycles. The topological polar surface area (TPSA) is 62.2 Å². The lowest BCUT2D eigenvalue weighted by Gasteiger charge is -2.27. The summed E-state index contributed by atoms with van der Waals surface area (Å²) < 4.78 is 1.72. The predicted molar refractivity (Wildman–Crippen MR) is 81.3 cm³/mol. The van der Waals surface area contributed by atoms with Gasteiger partial charge in [-0.15, -0.1) is 0 Å². The third-order valence-electron chi connectivity index (χ3n) is 3.49. The minimum Gasteiger partial charge on any atom is -0.364 e. The van der Waals surface area contributed by atoms with E-state index in [2.05, 4.69) is 20.5 Å². The number of hydrogen-bond donors (Lipinski definition) is 2. The van der Waals surface area contributed by atoms with E-state index >= 15 is 0 Å². The van der Waals surface area contributed by atoms with E-state index in [1.54, 1.807) is 17.0 Å². The maximum absolute atomic E-state index is 12.3. The van der Waals surface area contributed by atoms with E-state index in [1.165, 1.54) is 0 Å². The second-order valence-electron chi connectivity index (χ2n) is 6.14. The van der Waals surface area contributed by atoms with Crippen LogP contribution < -0.4 is 16.2 Å². The summed E-state index contributed by atoms with van der Waals surface area (Å²) in [5.41, 5.74) is -0.282. The molecule has 1 fully saturated rings. The van der Waals surface area contributed by atoms with Crippen LogP contribution in [0.1, 0.15) is 20.8 Å². The number of nitrogens with zero attached hydrogens (tertiary/aromatic N) is 3. The molecule has 1 aliphatic heterocycles. The second kappa shape index (κ2) is 6.37. The van der Waals surface area contributed by atoms with Gasteiger partial charge in [0.05, 0.1) is 0 Å². The van der Waals surface area contributed by atoms with Crippen molar-refractivity contribution < 1.29 is 0 Å². The van der Waals surface area contributed by atoms with Crippen molar-refractivity contribution in [2.75, 3.05) is 44.6 Å². The van der Waals surface area contributed by atoms with E-state index in [-0.39, 0.29) is 11.1 Å². The van der Waals surface area contributed by atoms with Gasteiger partial charge in [0.15, 0.2) is 5.82 Å². The van der Waals surface area contributed by atoms with Gasteiger partial charge < -0.3 is 15.2 Å². The maximum atomic E-state index is 12.3. The van der Waals surface area contributed by atoms with E-state index in [4.69, 9.17) is 0 Å². The van der Waals surface area contributed by atoms with Gasteiger partial charge in [0.1, 0.15) is 0 Å². The van der Waals surface area contributed by atoms with Gasteiger partial charge in [-0.2, -0.15) is 0 Å². The maximum Gasteiger partial charge on any atom is 0.293 e. The Balaban J connectivity index is 1.94. The lowest BCUT2D eigenvalue weighted by atomic mass is 10.1. The molecule has 2 N–H and O–H groups in total. The van der Waals surface area contributed by atoms with E-state index in [9.17, 15) is 4.79 Å². The molecule has 0 spiro atoms. The molecule has 0 bridgehead atoms. The summed E-state index contributed by atoms with van der Waals surface area (Å²) in [6, 6.07) is 0. The summed E-state index contributed by atoms with van der Waals surface area (Å²) >= 11 is 0. The van der Waals surface area contributed by atoms with Crippen molar-refractivity contribution in [1.29, 1.82) is 0 Å². The molecule has 20 heavy (non-hydrogen) atoms. The van der Waals surface area contributed by atoms with Crippen LogP contribution in [0.5, 0.6) is 0 Å². The SMILES string of the molecule is CC(C)(C)n1ccnc(NCCN2CCNCC2)c1=O. The van der Waals surface area contributed by atoms with Gasteiger partial charge in [-0.3, -0.25) is 9.69 Å². The molecule has 0 aliphatic carbocycles.